The topological polar surface area (TPSA) is 76.0 Å². The van der Waals surface area contributed by atoms with Crippen LogP contribution in [0.1, 0.15) is 10.4 Å². The molecule has 3 rings (SSSR count). The highest BCUT2D eigenvalue weighted by molar-refractivity contribution is 5.88. The molecule has 5 nitrogen and oxygen atoms in total. The molecule has 0 fully saturated rings. The first-order chi connectivity index (χ1) is 10.6. The van der Waals surface area contributed by atoms with Crippen LogP contribution in [0.4, 0.5) is 4.39 Å². The van der Waals surface area contributed by atoms with Crippen LogP contribution in [0.3, 0.4) is 0 Å². The predicted octanol–water partition coefficient (Wildman–Crippen LogP) is 3.04. The molecule has 0 aliphatic heterocycles. The molecule has 0 aliphatic carbocycles. The first kappa shape index (κ1) is 13.8. The second-order valence-corrected chi connectivity index (χ2v) is 4.53. The smallest absolute Gasteiger partial charge is 0.335 e. The van der Waals surface area contributed by atoms with Crippen molar-refractivity contribution in [3.8, 4) is 22.8 Å². The third kappa shape index (κ3) is 2.80. The van der Waals surface area contributed by atoms with Crippen molar-refractivity contribution in [1.82, 2.24) is 15.0 Å². The SMILES string of the molecule is O=C(O)c1ccc(-c2ncnc(-c3cccc(F)c3)n2)cc1. The van der Waals surface area contributed by atoms with Crippen LogP contribution >= 0.6 is 0 Å². The highest BCUT2D eigenvalue weighted by atomic mass is 19.1. The van der Waals surface area contributed by atoms with Crippen LogP contribution in [0, 0.1) is 5.82 Å². The van der Waals surface area contributed by atoms with Gasteiger partial charge in [-0.2, -0.15) is 0 Å². The molecule has 0 radical (unpaired) electrons. The zero-order valence-corrected chi connectivity index (χ0v) is 11.3. The summed E-state index contributed by atoms with van der Waals surface area (Å²) in [5.74, 6) is -0.620. The van der Waals surface area contributed by atoms with Crippen LogP contribution in [-0.2, 0) is 0 Å². The minimum Gasteiger partial charge on any atom is -0.478 e. The highest BCUT2D eigenvalue weighted by Crippen LogP contribution is 2.20. The standard InChI is InChI=1S/C16H10FN3O2/c17-13-3-1-2-12(8-13)15-19-9-18-14(20-15)10-4-6-11(7-5-10)16(21)22/h1-9H,(H,21,22). The zero-order valence-electron chi connectivity index (χ0n) is 11.3. The molecule has 0 atom stereocenters. The summed E-state index contributed by atoms with van der Waals surface area (Å²) < 4.78 is 13.3. The summed E-state index contributed by atoms with van der Waals surface area (Å²) in [5.41, 5.74) is 1.39. The Balaban J connectivity index is 1.99. The van der Waals surface area contributed by atoms with Gasteiger partial charge in [-0.15, -0.1) is 0 Å². The first-order valence-electron chi connectivity index (χ1n) is 6.42. The van der Waals surface area contributed by atoms with E-state index in [1.54, 1.807) is 24.3 Å². The molecule has 0 bridgehead atoms. The quantitative estimate of drug-likeness (QED) is 0.803. The van der Waals surface area contributed by atoms with Crippen molar-refractivity contribution in [2.45, 2.75) is 0 Å². The van der Waals surface area contributed by atoms with E-state index >= 15 is 0 Å². The van der Waals surface area contributed by atoms with Crippen molar-refractivity contribution in [2.75, 3.05) is 0 Å². The zero-order chi connectivity index (χ0) is 15.5. The molecule has 1 N–H and O–H groups in total. The second-order valence-electron chi connectivity index (χ2n) is 4.53. The van der Waals surface area contributed by atoms with Crippen molar-refractivity contribution in [3.63, 3.8) is 0 Å². The van der Waals surface area contributed by atoms with Gasteiger partial charge < -0.3 is 5.11 Å². The molecule has 0 unspecified atom stereocenters. The van der Waals surface area contributed by atoms with E-state index in [1.165, 1.54) is 30.6 Å². The van der Waals surface area contributed by atoms with E-state index in [0.29, 0.717) is 22.8 Å². The maximum atomic E-state index is 13.3. The van der Waals surface area contributed by atoms with Crippen LogP contribution in [0.2, 0.25) is 0 Å². The number of halogens is 1. The first-order valence-corrected chi connectivity index (χ1v) is 6.42. The molecule has 0 spiro atoms. The van der Waals surface area contributed by atoms with Gasteiger partial charge in [0.05, 0.1) is 5.56 Å². The van der Waals surface area contributed by atoms with E-state index in [0.717, 1.165) is 0 Å². The summed E-state index contributed by atoms with van der Waals surface area (Å²) in [6, 6.07) is 12.2. The Labute approximate surface area is 125 Å². The number of benzene rings is 2. The molecule has 0 amide bonds. The van der Waals surface area contributed by atoms with Gasteiger partial charge in [-0.05, 0) is 24.3 Å². The molecule has 0 saturated heterocycles. The Hall–Kier alpha value is -3.15. The number of aromatic nitrogens is 3. The van der Waals surface area contributed by atoms with E-state index < -0.39 is 5.97 Å². The van der Waals surface area contributed by atoms with Gasteiger partial charge in [-0.25, -0.2) is 24.1 Å². The number of carboxylic acid groups (broad SMARTS) is 1. The highest BCUT2D eigenvalue weighted by Gasteiger charge is 2.08. The third-order valence-electron chi connectivity index (χ3n) is 3.04. The Bertz CT molecular complexity index is 835. The number of aromatic carboxylic acids is 1. The molecule has 108 valence electrons. The number of hydrogen-bond acceptors (Lipinski definition) is 4. The normalized spacial score (nSPS) is 10.4. The van der Waals surface area contributed by atoms with Crippen LogP contribution in [0.25, 0.3) is 22.8 Å². The Morgan fingerprint density at radius 2 is 1.64 bits per heavy atom. The Morgan fingerprint density at radius 1 is 0.955 bits per heavy atom. The molecule has 0 saturated carbocycles. The monoisotopic (exact) mass is 295 g/mol. The van der Waals surface area contributed by atoms with E-state index in [2.05, 4.69) is 15.0 Å². The minimum atomic E-state index is -0.998. The van der Waals surface area contributed by atoms with Crippen molar-refractivity contribution < 1.29 is 14.3 Å². The average Bonchev–Trinajstić information content (AvgIpc) is 2.55. The molecular formula is C16H10FN3O2. The molecule has 0 aliphatic rings. The van der Waals surface area contributed by atoms with Crippen molar-refractivity contribution in [1.29, 1.82) is 0 Å². The summed E-state index contributed by atoms with van der Waals surface area (Å²) in [6.07, 6.45) is 1.34. The van der Waals surface area contributed by atoms with E-state index in [9.17, 15) is 9.18 Å². The van der Waals surface area contributed by atoms with E-state index in [4.69, 9.17) is 5.11 Å². The summed E-state index contributed by atoms with van der Waals surface area (Å²) in [7, 11) is 0. The van der Waals surface area contributed by atoms with E-state index in [-0.39, 0.29) is 11.4 Å². The fraction of sp³-hybridized carbons (Fsp3) is 0. The Kier molecular flexibility index (Phi) is 3.57. The lowest BCUT2D eigenvalue weighted by Crippen LogP contribution is -1.97. The number of carboxylic acids is 1. The van der Waals surface area contributed by atoms with Crippen LogP contribution in [0.15, 0.2) is 54.9 Å². The van der Waals surface area contributed by atoms with Gasteiger partial charge in [0, 0.05) is 11.1 Å². The fourth-order valence-corrected chi connectivity index (χ4v) is 1.96. The van der Waals surface area contributed by atoms with Crippen molar-refractivity contribution in [2.24, 2.45) is 0 Å². The summed E-state index contributed by atoms with van der Waals surface area (Å²) in [6.45, 7) is 0. The maximum Gasteiger partial charge on any atom is 0.335 e. The molecule has 2 aromatic carbocycles. The predicted molar refractivity (Wildman–Crippen MR) is 77.6 cm³/mol. The number of hydrogen-bond donors (Lipinski definition) is 1. The maximum absolute atomic E-state index is 13.3. The molecule has 22 heavy (non-hydrogen) atoms. The minimum absolute atomic E-state index is 0.183. The van der Waals surface area contributed by atoms with Crippen LogP contribution < -0.4 is 0 Å². The van der Waals surface area contributed by atoms with Crippen molar-refractivity contribution in [3.05, 3.63) is 66.2 Å². The second kappa shape index (κ2) is 5.69. The fourth-order valence-electron chi connectivity index (χ4n) is 1.96. The van der Waals surface area contributed by atoms with Crippen LogP contribution in [0.5, 0.6) is 0 Å². The summed E-state index contributed by atoms with van der Waals surface area (Å²) in [5, 5.41) is 8.89. The van der Waals surface area contributed by atoms with Crippen molar-refractivity contribution >= 4 is 5.97 Å². The number of carbonyl (C=O) groups is 1. The van der Waals surface area contributed by atoms with Gasteiger partial charge in [0.1, 0.15) is 12.1 Å². The molecular weight excluding hydrogens is 285 g/mol. The van der Waals surface area contributed by atoms with Gasteiger partial charge >= 0.3 is 5.97 Å². The average molecular weight is 295 g/mol. The third-order valence-corrected chi connectivity index (χ3v) is 3.04. The van der Waals surface area contributed by atoms with Gasteiger partial charge in [0.2, 0.25) is 0 Å². The molecule has 1 aromatic heterocycles. The van der Waals surface area contributed by atoms with E-state index in [1.807, 2.05) is 0 Å². The molecule has 3 aromatic rings. The Morgan fingerprint density at radius 3 is 2.27 bits per heavy atom. The lowest BCUT2D eigenvalue weighted by Gasteiger charge is -2.04. The lowest BCUT2D eigenvalue weighted by atomic mass is 10.1. The number of rotatable bonds is 3. The lowest BCUT2D eigenvalue weighted by molar-refractivity contribution is 0.0697. The van der Waals surface area contributed by atoms with Gasteiger partial charge in [0.25, 0.3) is 0 Å². The van der Waals surface area contributed by atoms with Gasteiger partial charge in [-0.3, -0.25) is 0 Å². The number of nitrogens with zero attached hydrogens (tertiary/aromatic N) is 3. The van der Waals surface area contributed by atoms with Crippen LogP contribution in [-0.4, -0.2) is 26.0 Å². The summed E-state index contributed by atoms with van der Waals surface area (Å²) >= 11 is 0. The molecule has 6 heteroatoms. The summed E-state index contributed by atoms with van der Waals surface area (Å²) in [4.78, 5) is 23.2. The van der Waals surface area contributed by atoms with Gasteiger partial charge in [-0.1, -0.05) is 24.3 Å². The largest absolute Gasteiger partial charge is 0.478 e. The molecule has 1 heterocycles. The van der Waals surface area contributed by atoms with Gasteiger partial charge in [0.15, 0.2) is 11.6 Å².